The summed E-state index contributed by atoms with van der Waals surface area (Å²) in [4.78, 5) is 17.6. The molecule has 2 aromatic rings. The van der Waals surface area contributed by atoms with E-state index < -0.39 is 5.82 Å². The fraction of sp³-hybridized carbons (Fsp3) is 0.286. The van der Waals surface area contributed by atoms with Gasteiger partial charge in [-0.05, 0) is 31.5 Å². The van der Waals surface area contributed by atoms with Crippen LogP contribution in [0.3, 0.4) is 0 Å². The SMILES string of the molecule is CCc1cnc(C(C)NC(=O)c2ccc(F)cc2N)s1. The first-order valence-corrected chi connectivity index (χ1v) is 7.13. The van der Waals surface area contributed by atoms with E-state index in [4.69, 9.17) is 5.73 Å². The number of nitrogens with one attached hydrogen (secondary N) is 1. The molecule has 20 heavy (non-hydrogen) atoms. The number of nitrogens with zero attached hydrogens (tertiary/aromatic N) is 1. The zero-order valence-corrected chi connectivity index (χ0v) is 12.1. The molecule has 2 rings (SSSR count). The number of carbonyl (C=O) groups excluding carboxylic acids is 1. The normalized spacial score (nSPS) is 12.2. The number of thiazole rings is 1. The highest BCUT2D eigenvalue weighted by atomic mass is 32.1. The third-order valence-corrected chi connectivity index (χ3v) is 4.22. The van der Waals surface area contributed by atoms with Crippen molar-refractivity contribution in [3.63, 3.8) is 0 Å². The summed E-state index contributed by atoms with van der Waals surface area (Å²) in [5.41, 5.74) is 6.05. The standard InChI is InChI=1S/C14H16FN3OS/c1-3-10-7-17-14(20-10)8(2)18-13(19)11-5-4-9(15)6-12(11)16/h4-8H,3,16H2,1-2H3,(H,18,19). The van der Waals surface area contributed by atoms with Gasteiger partial charge in [0.15, 0.2) is 0 Å². The molecule has 1 aromatic heterocycles. The van der Waals surface area contributed by atoms with Crippen molar-refractivity contribution in [2.45, 2.75) is 26.3 Å². The second-order valence-electron chi connectivity index (χ2n) is 4.45. The topological polar surface area (TPSA) is 68.0 Å². The Kier molecular flexibility index (Phi) is 4.34. The van der Waals surface area contributed by atoms with E-state index in [1.807, 2.05) is 13.1 Å². The second-order valence-corrected chi connectivity index (χ2v) is 5.59. The molecule has 1 atom stereocenters. The number of nitrogen functional groups attached to an aromatic ring is 1. The van der Waals surface area contributed by atoms with Crippen molar-refractivity contribution in [3.05, 3.63) is 45.7 Å². The van der Waals surface area contributed by atoms with E-state index in [2.05, 4.69) is 17.2 Å². The number of anilines is 1. The predicted octanol–water partition coefficient (Wildman–Crippen LogP) is 2.92. The highest BCUT2D eigenvalue weighted by molar-refractivity contribution is 7.11. The molecule has 0 saturated carbocycles. The molecule has 0 saturated heterocycles. The third-order valence-electron chi connectivity index (χ3n) is 2.90. The minimum absolute atomic E-state index is 0.128. The molecule has 1 heterocycles. The van der Waals surface area contributed by atoms with Gasteiger partial charge in [-0.25, -0.2) is 9.37 Å². The van der Waals surface area contributed by atoms with Gasteiger partial charge >= 0.3 is 0 Å². The van der Waals surface area contributed by atoms with E-state index in [-0.39, 0.29) is 23.2 Å². The van der Waals surface area contributed by atoms with Gasteiger partial charge in [0.25, 0.3) is 5.91 Å². The van der Waals surface area contributed by atoms with Crippen LogP contribution in [0.4, 0.5) is 10.1 Å². The van der Waals surface area contributed by atoms with Gasteiger partial charge in [0, 0.05) is 16.8 Å². The molecule has 0 aliphatic heterocycles. The van der Waals surface area contributed by atoms with E-state index in [1.54, 1.807) is 11.3 Å². The first kappa shape index (κ1) is 14.5. The maximum Gasteiger partial charge on any atom is 0.253 e. The van der Waals surface area contributed by atoms with Crippen LogP contribution in [0, 0.1) is 5.82 Å². The number of benzene rings is 1. The highest BCUT2D eigenvalue weighted by Crippen LogP contribution is 2.21. The summed E-state index contributed by atoms with van der Waals surface area (Å²) >= 11 is 1.57. The number of halogens is 1. The molecule has 1 unspecified atom stereocenters. The van der Waals surface area contributed by atoms with Gasteiger partial charge in [0.05, 0.1) is 11.6 Å². The second kappa shape index (κ2) is 6.00. The molecular weight excluding hydrogens is 277 g/mol. The van der Waals surface area contributed by atoms with E-state index in [1.165, 1.54) is 17.0 Å². The van der Waals surface area contributed by atoms with E-state index in [0.29, 0.717) is 0 Å². The summed E-state index contributed by atoms with van der Waals surface area (Å²) in [7, 11) is 0. The van der Waals surface area contributed by atoms with E-state index in [9.17, 15) is 9.18 Å². The van der Waals surface area contributed by atoms with Crippen LogP contribution >= 0.6 is 11.3 Å². The van der Waals surface area contributed by atoms with Crippen molar-refractivity contribution in [2.75, 3.05) is 5.73 Å². The lowest BCUT2D eigenvalue weighted by Gasteiger charge is -2.12. The minimum atomic E-state index is -0.459. The molecular formula is C14H16FN3OS. The maximum absolute atomic E-state index is 13.0. The number of hydrogen-bond donors (Lipinski definition) is 2. The predicted molar refractivity (Wildman–Crippen MR) is 78.2 cm³/mol. The zero-order chi connectivity index (χ0) is 14.7. The summed E-state index contributed by atoms with van der Waals surface area (Å²) in [5.74, 6) is -0.789. The van der Waals surface area contributed by atoms with Gasteiger partial charge in [-0.15, -0.1) is 11.3 Å². The molecule has 0 spiro atoms. The molecule has 4 nitrogen and oxygen atoms in total. The van der Waals surface area contributed by atoms with Crippen LogP contribution in [0.15, 0.2) is 24.4 Å². The fourth-order valence-corrected chi connectivity index (χ4v) is 2.62. The summed E-state index contributed by atoms with van der Waals surface area (Å²) < 4.78 is 13.0. The molecule has 6 heteroatoms. The Balaban J connectivity index is 2.10. The molecule has 0 radical (unpaired) electrons. The monoisotopic (exact) mass is 293 g/mol. The summed E-state index contributed by atoms with van der Waals surface area (Å²) in [6, 6.07) is 3.52. The number of hydrogen-bond acceptors (Lipinski definition) is 4. The maximum atomic E-state index is 13.0. The van der Waals surface area contributed by atoms with Crippen molar-refractivity contribution in [1.82, 2.24) is 10.3 Å². The van der Waals surface area contributed by atoms with Crippen LogP contribution in [0.1, 0.15) is 40.1 Å². The van der Waals surface area contributed by atoms with Crippen molar-refractivity contribution >= 4 is 22.9 Å². The van der Waals surface area contributed by atoms with Gasteiger partial charge in [0.1, 0.15) is 10.8 Å². The molecule has 1 amide bonds. The Morgan fingerprint density at radius 3 is 2.90 bits per heavy atom. The summed E-state index contributed by atoms with van der Waals surface area (Å²) in [5, 5.41) is 3.66. The van der Waals surface area contributed by atoms with Crippen molar-refractivity contribution in [2.24, 2.45) is 0 Å². The minimum Gasteiger partial charge on any atom is -0.398 e. The van der Waals surface area contributed by atoms with Crippen LogP contribution in [0.25, 0.3) is 0 Å². The van der Waals surface area contributed by atoms with Gasteiger partial charge in [-0.3, -0.25) is 4.79 Å². The molecule has 0 aliphatic rings. The smallest absolute Gasteiger partial charge is 0.253 e. The Bertz CT molecular complexity index is 627. The zero-order valence-electron chi connectivity index (χ0n) is 11.3. The number of aromatic nitrogens is 1. The van der Waals surface area contributed by atoms with Gasteiger partial charge < -0.3 is 11.1 Å². The highest BCUT2D eigenvalue weighted by Gasteiger charge is 2.16. The Labute approximate surface area is 120 Å². The van der Waals surface area contributed by atoms with Crippen LogP contribution in [0.2, 0.25) is 0 Å². The third kappa shape index (κ3) is 3.14. The van der Waals surface area contributed by atoms with Crippen LogP contribution < -0.4 is 11.1 Å². The van der Waals surface area contributed by atoms with Gasteiger partial charge in [-0.1, -0.05) is 6.92 Å². The van der Waals surface area contributed by atoms with Gasteiger partial charge in [0.2, 0.25) is 0 Å². The largest absolute Gasteiger partial charge is 0.398 e. The molecule has 3 N–H and O–H groups in total. The Hall–Kier alpha value is -1.95. The average molecular weight is 293 g/mol. The molecule has 106 valence electrons. The van der Waals surface area contributed by atoms with E-state index in [0.717, 1.165) is 17.5 Å². The fourth-order valence-electron chi connectivity index (χ4n) is 1.76. The Morgan fingerprint density at radius 1 is 1.55 bits per heavy atom. The lowest BCUT2D eigenvalue weighted by Crippen LogP contribution is -2.27. The number of aryl methyl sites for hydroxylation is 1. The van der Waals surface area contributed by atoms with Crippen molar-refractivity contribution in [1.29, 1.82) is 0 Å². The number of carbonyl (C=O) groups is 1. The number of rotatable bonds is 4. The molecule has 0 aliphatic carbocycles. The first-order chi connectivity index (χ1) is 9.51. The van der Waals surface area contributed by atoms with Crippen molar-refractivity contribution < 1.29 is 9.18 Å². The number of amides is 1. The molecule has 1 aromatic carbocycles. The average Bonchev–Trinajstić information content (AvgIpc) is 2.87. The molecule has 0 bridgehead atoms. The first-order valence-electron chi connectivity index (χ1n) is 6.31. The quantitative estimate of drug-likeness (QED) is 0.852. The Morgan fingerprint density at radius 2 is 2.30 bits per heavy atom. The lowest BCUT2D eigenvalue weighted by atomic mass is 10.1. The summed E-state index contributed by atoms with van der Waals surface area (Å²) in [6.45, 7) is 3.91. The summed E-state index contributed by atoms with van der Waals surface area (Å²) in [6.07, 6.45) is 2.73. The van der Waals surface area contributed by atoms with Gasteiger partial charge in [-0.2, -0.15) is 0 Å². The lowest BCUT2D eigenvalue weighted by molar-refractivity contribution is 0.0940. The van der Waals surface area contributed by atoms with Crippen LogP contribution in [0.5, 0.6) is 0 Å². The number of nitrogens with two attached hydrogens (primary N) is 1. The van der Waals surface area contributed by atoms with E-state index >= 15 is 0 Å². The van der Waals surface area contributed by atoms with Crippen LogP contribution in [-0.4, -0.2) is 10.9 Å². The van der Waals surface area contributed by atoms with Crippen LogP contribution in [-0.2, 0) is 6.42 Å². The van der Waals surface area contributed by atoms with Crippen molar-refractivity contribution in [3.8, 4) is 0 Å². The molecule has 0 fully saturated rings.